The van der Waals surface area contributed by atoms with E-state index < -0.39 is 7.26 Å². The van der Waals surface area contributed by atoms with Crippen LogP contribution in [0.25, 0.3) is 11.0 Å². The Labute approximate surface area is 184 Å². The van der Waals surface area contributed by atoms with Crippen LogP contribution in [0, 0.1) is 5.92 Å². The van der Waals surface area contributed by atoms with Crippen molar-refractivity contribution in [2.45, 2.75) is 19.9 Å². The van der Waals surface area contributed by atoms with Crippen molar-refractivity contribution in [2.75, 3.05) is 13.3 Å². The van der Waals surface area contributed by atoms with Gasteiger partial charge in [-0.2, -0.15) is 0 Å². The monoisotopic (exact) mass is 428 g/mol. The molecule has 0 aliphatic carbocycles. The molecule has 0 bridgehead atoms. The van der Waals surface area contributed by atoms with E-state index in [4.69, 9.17) is 14.1 Å². The molecule has 3 aromatic carbocycles. The lowest BCUT2D eigenvalue weighted by molar-refractivity contribution is 0.288. The van der Waals surface area contributed by atoms with Gasteiger partial charge in [-0.15, -0.1) is 0 Å². The SMILES string of the molecule is CC(C)C1COC(c2oc3ccccc3c2[P+](C)(c2ccccc2)c2ccccc2)=N1. The Bertz CT molecular complexity index is 1190. The molecule has 1 aliphatic rings. The maximum atomic E-state index is 6.47. The number of rotatable bonds is 5. The Balaban J connectivity index is 1.83. The van der Waals surface area contributed by atoms with Gasteiger partial charge in [0.15, 0.2) is 5.30 Å². The number of furan rings is 1. The fraction of sp³-hybridized carbons (Fsp3) is 0.222. The minimum atomic E-state index is -2.01. The Morgan fingerprint density at radius 3 is 2.00 bits per heavy atom. The lowest BCUT2D eigenvalue weighted by Crippen LogP contribution is -2.32. The third-order valence-corrected chi connectivity index (χ3v) is 10.2. The largest absolute Gasteiger partial charge is 0.473 e. The van der Waals surface area contributed by atoms with Gasteiger partial charge >= 0.3 is 0 Å². The van der Waals surface area contributed by atoms with Gasteiger partial charge in [0.25, 0.3) is 5.90 Å². The van der Waals surface area contributed by atoms with Crippen molar-refractivity contribution in [3.05, 3.63) is 90.7 Å². The number of fused-ring (bicyclic) bond motifs is 1. The molecule has 1 atom stereocenters. The van der Waals surface area contributed by atoms with Crippen molar-refractivity contribution in [3.8, 4) is 0 Å². The van der Waals surface area contributed by atoms with E-state index >= 15 is 0 Å². The smallest absolute Gasteiger partial charge is 0.257 e. The Hall–Kier alpha value is -2.90. The standard InChI is InChI=1S/C27H27NO2P/c1-19(2)23-18-29-27(28-23)25-26(22-16-10-11-17-24(22)30-25)31(3,20-12-6-4-7-13-20)21-14-8-5-9-15-21/h4-17,19,23H,18H2,1-3H3/q+1. The van der Waals surface area contributed by atoms with Crippen LogP contribution in [0.5, 0.6) is 0 Å². The molecule has 0 fully saturated rings. The van der Waals surface area contributed by atoms with Crippen LogP contribution in [0.15, 0.2) is 94.3 Å². The average Bonchev–Trinajstić information content (AvgIpc) is 3.45. The molecule has 156 valence electrons. The van der Waals surface area contributed by atoms with E-state index in [9.17, 15) is 0 Å². The highest BCUT2D eigenvalue weighted by Crippen LogP contribution is 2.54. The second kappa shape index (κ2) is 7.98. The van der Waals surface area contributed by atoms with Crippen LogP contribution >= 0.6 is 7.26 Å². The van der Waals surface area contributed by atoms with E-state index in [1.165, 1.54) is 15.9 Å². The summed E-state index contributed by atoms with van der Waals surface area (Å²) in [6, 6.07) is 30.1. The molecule has 0 amide bonds. The van der Waals surface area contributed by atoms with Crippen molar-refractivity contribution in [3.63, 3.8) is 0 Å². The van der Waals surface area contributed by atoms with Gasteiger partial charge in [-0.05, 0) is 42.3 Å². The van der Waals surface area contributed by atoms with Gasteiger partial charge in [-0.25, -0.2) is 4.99 Å². The molecule has 0 saturated carbocycles. The molecule has 2 heterocycles. The highest BCUT2D eigenvalue weighted by Gasteiger charge is 2.47. The molecule has 0 radical (unpaired) electrons. The van der Waals surface area contributed by atoms with E-state index in [0.717, 1.165) is 16.7 Å². The normalized spacial score (nSPS) is 16.5. The van der Waals surface area contributed by atoms with Crippen molar-refractivity contribution in [1.29, 1.82) is 0 Å². The zero-order chi connectivity index (χ0) is 21.4. The molecular formula is C27H27NO2P+. The molecular weight excluding hydrogens is 401 g/mol. The van der Waals surface area contributed by atoms with Crippen LogP contribution in [0.2, 0.25) is 0 Å². The fourth-order valence-corrected chi connectivity index (χ4v) is 7.90. The van der Waals surface area contributed by atoms with Crippen molar-refractivity contribution in [2.24, 2.45) is 10.9 Å². The maximum Gasteiger partial charge on any atom is 0.257 e. The second-order valence-electron chi connectivity index (χ2n) is 8.51. The molecule has 1 aliphatic heterocycles. The number of benzene rings is 3. The zero-order valence-corrected chi connectivity index (χ0v) is 19.1. The summed E-state index contributed by atoms with van der Waals surface area (Å²) in [5.41, 5.74) is 0.880. The molecule has 5 rings (SSSR count). The molecule has 3 nitrogen and oxygen atoms in total. The van der Waals surface area contributed by atoms with E-state index in [-0.39, 0.29) is 6.04 Å². The lowest BCUT2D eigenvalue weighted by Gasteiger charge is -2.23. The van der Waals surface area contributed by atoms with Crippen molar-refractivity contribution < 1.29 is 9.15 Å². The summed E-state index contributed by atoms with van der Waals surface area (Å²) in [7, 11) is -2.01. The number of nitrogens with zero attached hydrogens (tertiary/aromatic N) is 1. The quantitative estimate of drug-likeness (QED) is 0.412. The highest BCUT2D eigenvalue weighted by atomic mass is 31.2. The molecule has 0 N–H and O–H groups in total. The summed E-state index contributed by atoms with van der Waals surface area (Å²) in [6.07, 6.45) is 0. The van der Waals surface area contributed by atoms with E-state index in [0.29, 0.717) is 18.4 Å². The van der Waals surface area contributed by atoms with Gasteiger partial charge < -0.3 is 9.15 Å². The first-order valence-corrected chi connectivity index (χ1v) is 13.0. The number of hydrogen-bond acceptors (Lipinski definition) is 3. The number of para-hydroxylation sites is 1. The highest BCUT2D eigenvalue weighted by molar-refractivity contribution is 7.95. The molecule has 4 heteroatoms. The molecule has 0 saturated heterocycles. The minimum Gasteiger partial charge on any atom is -0.473 e. The summed E-state index contributed by atoms with van der Waals surface area (Å²) in [5, 5.41) is 4.98. The first-order valence-electron chi connectivity index (χ1n) is 10.8. The van der Waals surface area contributed by atoms with Gasteiger partial charge in [0.2, 0.25) is 5.76 Å². The molecule has 4 aromatic rings. The third kappa shape index (κ3) is 3.38. The molecule has 1 aromatic heterocycles. The van der Waals surface area contributed by atoms with Crippen molar-refractivity contribution in [1.82, 2.24) is 0 Å². The zero-order valence-electron chi connectivity index (χ0n) is 18.2. The summed E-state index contributed by atoms with van der Waals surface area (Å²) >= 11 is 0. The van der Waals surface area contributed by atoms with Gasteiger partial charge in [0.1, 0.15) is 30.1 Å². The molecule has 31 heavy (non-hydrogen) atoms. The number of hydrogen-bond donors (Lipinski definition) is 0. The number of aliphatic imine (C=N–C) groups is 1. The van der Waals surface area contributed by atoms with Crippen LogP contribution in [-0.2, 0) is 4.74 Å². The molecule has 1 unspecified atom stereocenters. The Morgan fingerprint density at radius 2 is 1.42 bits per heavy atom. The predicted molar refractivity (Wildman–Crippen MR) is 132 cm³/mol. The van der Waals surface area contributed by atoms with Crippen LogP contribution in [0.4, 0.5) is 0 Å². The first kappa shape index (κ1) is 20.0. The van der Waals surface area contributed by atoms with Gasteiger partial charge in [-0.1, -0.05) is 62.4 Å². The first-order chi connectivity index (χ1) is 15.1. The third-order valence-electron chi connectivity index (χ3n) is 6.20. The maximum absolute atomic E-state index is 6.47. The van der Waals surface area contributed by atoms with Crippen LogP contribution in [0.1, 0.15) is 19.6 Å². The van der Waals surface area contributed by atoms with Gasteiger partial charge in [0.05, 0.1) is 18.1 Å². The summed E-state index contributed by atoms with van der Waals surface area (Å²) in [6.45, 7) is 7.36. The summed E-state index contributed by atoms with van der Waals surface area (Å²) < 4.78 is 12.6. The summed E-state index contributed by atoms with van der Waals surface area (Å²) in [4.78, 5) is 4.93. The topological polar surface area (TPSA) is 34.7 Å². The molecule has 0 spiro atoms. The second-order valence-corrected chi connectivity index (χ2v) is 12.0. The van der Waals surface area contributed by atoms with Crippen molar-refractivity contribution >= 4 is 40.0 Å². The number of ether oxygens (including phenoxy) is 1. The van der Waals surface area contributed by atoms with Crippen LogP contribution in [-0.4, -0.2) is 25.2 Å². The Morgan fingerprint density at radius 1 is 0.839 bits per heavy atom. The van der Waals surface area contributed by atoms with Crippen LogP contribution < -0.4 is 15.9 Å². The minimum absolute atomic E-state index is 0.161. The Kier molecular flexibility index (Phi) is 5.16. The average molecular weight is 428 g/mol. The summed E-state index contributed by atoms with van der Waals surface area (Å²) in [5.74, 6) is 1.85. The predicted octanol–water partition coefficient (Wildman–Crippen LogP) is 5.16. The van der Waals surface area contributed by atoms with E-state index in [1.807, 2.05) is 12.1 Å². The van der Waals surface area contributed by atoms with Crippen LogP contribution in [0.3, 0.4) is 0 Å². The van der Waals surface area contributed by atoms with E-state index in [2.05, 4.69) is 93.3 Å². The lowest BCUT2D eigenvalue weighted by atomic mass is 10.1. The van der Waals surface area contributed by atoms with Gasteiger partial charge in [-0.3, -0.25) is 0 Å². The van der Waals surface area contributed by atoms with E-state index in [1.54, 1.807) is 0 Å². The fourth-order valence-electron chi connectivity index (χ4n) is 4.34. The van der Waals surface area contributed by atoms with Gasteiger partial charge in [0, 0.05) is 0 Å².